The summed E-state index contributed by atoms with van der Waals surface area (Å²) in [4.78, 5) is 30.9. The third kappa shape index (κ3) is 5.56. The van der Waals surface area contributed by atoms with Gasteiger partial charge in [-0.25, -0.2) is 19.0 Å². The molecule has 192 valence electrons. The molecule has 0 bridgehead atoms. The van der Waals surface area contributed by atoms with Gasteiger partial charge in [0.15, 0.2) is 5.13 Å². The highest BCUT2D eigenvalue weighted by molar-refractivity contribution is 7.14. The Morgan fingerprint density at radius 1 is 1.00 bits per heavy atom. The largest absolute Gasteiger partial charge is 0.463 e. The van der Waals surface area contributed by atoms with Gasteiger partial charge in [0, 0.05) is 28.0 Å². The van der Waals surface area contributed by atoms with Crippen molar-refractivity contribution in [3.8, 4) is 11.3 Å². The number of benzene rings is 2. The zero-order chi connectivity index (χ0) is 26.5. The molecule has 0 aliphatic carbocycles. The molecule has 0 unspecified atom stereocenters. The second-order valence-electron chi connectivity index (χ2n) is 8.34. The van der Waals surface area contributed by atoms with E-state index in [0.29, 0.717) is 50.2 Å². The van der Waals surface area contributed by atoms with Gasteiger partial charge >= 0.3 is 11.9 Å². The quantitative estimate of drug-likeness (QED) is 0.349. The molecule has 0 radical (unpaired) electrons. The van der Waals surface area contributed by atoms with Gasteiger partial charge in [-0.3, -0.25) is 0 Å². The molecular weight excluding hydrogens is 493 g/mol. The standard InChI is InChI=1S/C28H28FN3O4S/c1-5-35-26(33)23-16(3)30-17(4)24(27(34)36-6-2)25(23)20-12-7-8-13-21(20)31-28-32-22(15-37-28)18-10-9-11-19(29)14-18/h7-15,25,30H,5-6H2,1-4H3,(H,31,32). The number of rotatable bonds is 8. The topological polar surface area (TPSA) is 89.5 Å². The minimum Gasteiger partial charge on any atom is -0.463 e. The molecule has 9 heteroatoms. The van der Waals surface area contributed by atoms with Gasteiger partial charge in [0.05, 0.1) is 36.0 Å². The highest BCUT2D eigenvalue weighted by Gasteiger charge is 2.39. The summed E-state index contributed by atoms with van der Waals surface area (Å²) in [5.74, 6) is -2.09. The van der Waals surface area contributed by atoms with Crippen LogP contribution in [0.2, 0.25) is 0 Å². The number of thiazole rings is 1. The molecule has 7 nitrogen and oxygen atoms in total. The molecule has 2 heterocycles. The number of aromatic nitrogens is 1. The maximum Gasteiger partial charge on any atom is 0.336 e. The third-order valence-electron chi connectivity index (χ3n) is 5.89. The summed E-state index contributed by atoms with van der Waals surface area (Å²) in [6.45, 7) is 7.43. The second-order valence-corrected chi connectivity index (χ2v) is 9.19. The molecule has 0 saturated carbocycles. The van der Waals surface area contributed by atoms with Crippen LogP contribution in [0.25, 0.3) is 11.3 Å². The number of allylic oxidation sites excluding steroid dienone is 2. The van der Waals surface area contributed by atoms with Gasteiger partial charge in [0.1, 0.15) is 5.82 Å². The van der Waals surface area contributed by atoms with E-state index in [4.69, 9.17) is 9.47 Å². The van der Waals surface area contributed by atoms with Crippen molar-refractivity contribution in [1.82, 2.24) is 10.3 Å². The van der Waals surface area contributed by atoms with Crippen molar-refractivity contribution >= 4 is 34.1 Å². The molecule has 0 fully saturated rings. The lowest BCUT2D eigenvalue weighted by Crippen LogP contribution is -2.32. The first kappa shape index (κ1) is 26.1. The molecule has 4 rings (SSSR count). The van der Waals surface area contributed by atoms with Crippen molar-refractivity contribution in [3.05, 3.63) is 87.8 Å². The number of nitrogens with zero attached hydrogens (tertiary/aromatic N) is 1. The minimum atomic E-state index is -0.731. The first-order chi connectivity index (χ1) is 17.8. The number of anilines is 2. The van der Waals surface area contributed by atoms with E-state index < -0.39 is 17.9 Å². The maximum absolute atomic E-state index is 13.7. The van der Waals surface area contributed by atoms with Crippen LogP contribution in [0.4, 0.5) is 15.2 Å². The van der Waals surface area contributed by atoms with Crippen LogP contribution < -0.4 is 10.6 Å². The number of carbonyl (C=O) groups is 2. The van der Waals surface area contributed by atoms with E-state index in [1.165, 1.54) is 23.5 Å². The van der Waals surface area contributed by atoms with Crippen molar-refractivity contribution in [2.24, 2.45) is 0 Å². The van der Waals surface area contributed by atoms with Gasteiger partial charge in [-0.05, 0) is 51.5 Å². The first-order valence-electron chi connectivity index (χ1n) is 11.9. The van der Waals surface area contributed by atoms with Crippen molar-refractivity contribution in [2.45, 2.75) is 33.6 Å². The van der Waals surface area contributed by atoms with Crippen molar-refractivity contribution in [3.63, 3.8) is 0 Å². The highest BCUT2D eigenvalue weighted by atomic mass is 32.1. The number of halogens is 1. The lowest BCUT2D eigenvalue weighted by atomic mass is 9.79. The molecule has 0 atom stereocenters. The molecule has 0 saturated heterocycles. The van der Waals surface area contributed by atoms with Crippen LogP contribution in [0.1, 0.15) is 39.2 Å². The van der Waals surface area contributed by atoms with Crippen LogP contribution in [-0.2, 0) is 19.1 Å². The smallest absolute Gasteiger partial charge is 0.336 e. The first-order valence-corrected chi connectivity index (χ1v) is 12.8. The highest BCUT2D eigenvalue weighted by Crippen LogP contribution is 2.43. The Morgan fingerprint density at radius 2 is 1.65 bits per heavy atom. The van der Waals surface area contributed by atoms with E-state index in [-0.39, 0.29) is 19.0 Å². The summed E-state index contributed by atoms with van der Waals surface area (Å²) < 4.78 is 24.5. The Labute approximate surface area is 219 Å². The molecule has 1 aliphatic rings. The van der Waals surface area contributed by atoms with Gasteiger partial charge in [0.25, 0.3) is 0 Å². The van der Waals surface area contributed by atoms with Gasteiger partial charge in [-0.15, -0.1) is 11.3 Å². The SMILES string of the molecule is CCOC(=O)C1=C(C)NC(C)=C(C(=O)OCC)C1c1ccccc1Nc1nc(-c2cccc(F)c2)cs1. The molecule has 0 spiro atoms. The fraction of sp³-hybridized carbons (Fsp3) is 0.250. The summed E-state index contributed by atoms with van der Waals surface area (Å²) in [5, 5.41) is 8.90. The Hall–Kier alpha value is -3.98. The average Bonchev–Trinajstić information content (AvgIpc) is 3.33. The fourth-order valence-electron chi connectivity index (χ4n) is 4.35. The van der Waals surface area contributed by atoms with Crippen LogP contribution in [0, 0.1) is 5.82 Å². The summed E-state index contributed by atoms with van der Waals surface area (Å²) in [7, 11) is 0. The number of dihydropyridines is 1. The lowest BCUT2D eigenvalue weighted by molar-refractivity contribution is -0.139. The zero-order valence-electron chi connectivity index (χ0n) is 21.1. The van der Waals surface area contributed by atoms with Gasteiger partial charge in [-0.2, -0.15) is 0 Å². The number of hydrogen-bond donors (Lipinski definition) is 2. The average molecular weight is 522 g/mol. The van der Waals surface area contributed by atoms with Crippen LogP contribution in [0.5, 0.6) is 0 Å². The molecule has 0 amide bonds. The predicted octanol–water partition coefficient (Wildman–Crippen LogP) is 6.05. The summed E-state index contributed by atoms with van der Waals surface area (Å²) in [6.07, 6.45) is 0. The van der Waals surface area contributed by atoms with Gasteiger partial charge < -0.3 is 20.1 Å². The zero-order valence-corrected chi connectivity index (χ0v) is 21.9. The summed E-state index contributed by atoms with van der Waals surface area (Å²) in [6, 6.07) is 13.7. The van der Waals surface area contributed by atoms with Crippen LogP contribution in [-0.4, -0.2) is 30.1 Å². The van der Waals surface area contributed by atoms with E-state index in [1.54, 1.807) is 39.8 Å². The number of para-hydroxylation sites is 1. The van der Waals surface area contributed by atoms with E-state index in [0.717, 1.165) is 0 Å². The fourth-order valence-corrected chi connectivity index (χ4v) is 5.09. The Bertz CT molecular complexity index is 1360. The van der Waals surface area contributed by atoms with Crippen molar-refractivity contribution < 1.29 is 23.5 Å². The van der Waals surface area contributed by atoms with E-state index >= 15 is 0 Å². The molecule has 2 aromatic carbocycles. The van der Waals surface area contributed by atoms with Crippen LogP contribution in [0.3, 0.4) is 0 Å². The number of carbonyl (C=O) groups excluding carboxylic acids is 2. The number of nitrogens with one attached hydrogen (secondary N) is 2. The molecule has 37 heavy (non-hydrogen) atoms. The van der Waals surface area contributed by atoms with Crippen molar-refractivity contribution in [2.75, 3.05) is 18.5 Å². The normalized spacial score (nSPS) is 13.9. The van der Waals surface area contributed by atoms with E-state index in [9.17, 15) is 14.0 Å². The van der Waals surface area contributed by atoms with Gasteiger partial charge in [-0.1, -0.05) is 30.3 Å². The summed E-state index contributed by atoms with van der Waals surface area (Å²) in [5.41, 5.74) is 4.54. The number of hydrogen-bond acceptors (Lipinski definition) is 8. The van der Waals surface area contributed by atoms with Crippen LogP contribution >= 0.6 is 11.3 Å². The Balaban J connectivity index is 1.78. The molecule has 2 N–H and O–H groups in total. The van der Waals surface area contributed by atoms with Crippen molar-refractivity contribution in [1.29, 1.82) is 0 Å². The van der Waals surface area contributed by atoms with E-state index in [2.05, 4.69) is 15.6 Å². The maximum atomic E-state index is 13.7. The predicted molar refractivity (Wildman–Crippen MR) is 142 cm³/mol. The van der Waals surface area contributed by atoms with Crippen LogP contribution in [0.15, 0.2) is 76.5 Å². The third-order valence-corrected chi connectivity index (χ3v) is 6.65. The molecular formula is C28H28FN3O4S. The monoisotopic (exact) mass is 521 g/mol. The number of esters is 2. The van der Waals surface area contributed by atoms with Gasteiger partial charge in [0.2, 0.25) is 0 Å². The summed E-state index contributed by atoms with van der Waals surface area (Å²) >= 11 is 1.37. The van der Waals surface area contributed by atoms with E-state index in [1.807, 2.05) is 29.6 Å². The second kappa shape index (κ2) is 11.4. The minimum absolute atomic E-state index is 0.196. The molecule has 1 aromatic heterocycles. The lowest BCUT2D eigenvalue weighted by Gasteiger charge is -2.31. The number of ether oxygens (including phenoxy) is 2. The molecule has 3 aromatic rings. The Kier molecular flexibility index (Phi) is 8.03. The molecule has 1 aliphatic heterocycles. The Morgan fingerprint density at radius 3 is 2.27 bits per heavy atom.